The van der Waals surface area contributed by atoms with Crippen LogP contribution in [0.25, 0.3) is 5.69 Å². The van der Waals surface area contributed by atoms with Gasteiger partial charge in [0.2, 0.25) is 0 Å². The summed E-state index contributed by atoms with van der Waals surface area (Å²) in [5.74, 6) is -0.473. The van der Waals surface area contributed by atoms with E-state index in [2.05, 4.69) is 16.4 Å². The number of benzene rings is 1. The Bertz CT molecular complexity index is 1270. The van der Waals surface area contributed by atoms with Crippen molar-refractivity contribution >= 4 is 5.91 Å². The average molecular weight is 403 g/mol. The third kappa shape index (κ3) is 3.49. The Morgan fingerprint density at radius 3 is 2.67 bits per heavy atom. The topological polar surface area (TPSA) is 84.0 Å². The molecule has 1 amide bonds. The summed E-state index contributed by atoms with van der Waals surface area (Å²) in [6, 6.07) is 9.63. The Morgan fingerprint density at radius 2 is 1.90 bits per heavy atom. The number of fused-ring (bicyclic) bond motifs is 1. The molecule has 2 heterocycles. The van der Waals surface area contributed by atoms with E-state index in [1.807, 2.05) is 32.0 Å². The monoisotopic (exact) mass is 403 g/mol. The molecule has 1 aliphatic rings. The van der Waals surface area contributed by atoms with Crippen molar-refractivity contribution in [1.29, 1.82) is 0 Å². The number of hydrogen-bond acceptors (Lipinski definition) is 3. The quantitative estimate of drug-likeness (QED) is 0.703. The van der Waals surface area contributed by atoms with Crippen molar-refractivity contribution in [2.24, 2.45) is 0 Å². The molecule has 6 heteroatoms. The first-order valence-corrected chi connectivity index (χ1v) is 10.2. The fraction of sp³-hybridized carbons (Fsp3) is 0.292. The molecule has 3 aromatic rings. The van der Waals surface area contributed by atoms with Crippen molar-refractivity contribution in [2.75, 3.05) is 0 Å². The lowest BCUT2D eigenvalue weighted by atomic mass is 10.1. The molecule has 2 N–H and O–H groups in total. The lowest BCUT2D eigenvalue weighted by Crippen LogP contribution is -2.34. The lowest BCUT2D eigenvalue weighted by molar-refractivity contribution is 0.0948. The molecule has 6 nitrogen and oxygen atoms in total. The number of carbonyl (C=O) groups is 1. The number of rotatable bonds is 4. The Labute approximate surface area is 174 Å². The highest BCUT2D eigenvalue weighted by Crippen LogP contribution is 2.27. The average Bonchev–Trinajstić information content (AvgIpc) is 3.16. The zero-order valence-corrected chi connectivity index (χ0v) is 17.5. The number of aryl methyl sites for hydroxylation is 4. The predicted octanol–water partition coefficient (Wildman–Crippen LogP) is 2.87. The van der Waals surface area contributed by atoms with Gasteiger partial charge in [0.05, 0.1) is 5.69 Å². The molecule has 0 aliphatic heterocycles. The van der Waals surface area contributed by atoms with Gasteiger partial charge in [0.25, 0.3) is 17.0 Å². The van der Waals surface area contributed by atoms with Crippen LogP contribution in [0.1, 0.15) is 50.3 Å². The van der Waals surface area contributed by atoms with E-state index in [0.717, 1.165) is 36.2 Å². The maximum absolute atomic E-state index is 13.3. The van der Waals surface area contributed by atoms with Crippen LogP contribution in [0.5, 0.6) is 0 Å². The van der Waals surface area contributed by atoms with Gasteiger partial charge < -0.3 is 10.3 Å². The number of aromatic amines is 1. The number of aromatic nitrogens is 2. The predicted molar refractivity (Wildman–Crippen MR) is 117 cm³/mol. The van der Waals surface area contributed by atoms with E-state index in [1.165, 1.54) is 11.1 Å². The highest BCUT2D eigenvalue weighted by atomic mass is 16.2. The normalized spacial score (nSPS) is 12.6. The maximum atomic E-state index is 13.3. The molecule has 4 rings (SSSR count). The van der Waals surface area contributed by atoms with E-state index < -0.39 is 5.91 Å². The van der Waals surface area contributed by atoms with Crippen LogP contribution in [0.15, 0.2) is 46.1 Å². The molecule has 0 atom stereocenters. The molecule has 154 valence electrons. The molecule has 30 heavy (non-hydrogen) atoms. The highest BCUT2D eigenvalue weighted by molar-refractivity contribution is 5.95. The Morgan fingerprint density at radius 1 is 1.10 bits per heavy atom. The second-order valence-electron chi connectivity index (χ2n) is 7.94. The summed E-state index contributed by atoms with van der Waals surface area (Å²) in [4.78, 5) is 41.2. The van der Waals surface area contributed by atoms with Gasteiger partial charge in [0, 0.05) is 24.0 Å². The van der Waals surface area contributed by atoms with Crippen LogP contribution in [0.2, 0.25) is 0 Å². The SMILES string of the molecule is Cc1cc(C)c(CNC(=O)c2c(C)ccn(-c3cccc4c3CCC4)c2=O)c(=O)[nH]1. The molecule has 0 fully saturated rings. The standard InChI is InChI=1S/C24H25N3O3/c1-14-10-11-27(20-9-5-7-17-6-4-8-18(17)20)24(30)21(14)23(29)25-13-19-15(2)12-16(3)26-22(19)28/h5,7,9-12H,4,6,8,13H2,1-3H3,(H,25,29)(H,26,28). The molecule has 0 bridgehead atoms. The highest BCUT2D eigenvalue weighted by Gasteiger charge is 2.20. The fourth-order valence-corrected chi connectivity index (χ4v) is 4.28. The summed E-state index contributed by atoms with van der Waals surface area (Å²) in [5.41, 5.74) is 5.49. The number of amides is 1. The number of nitrogens with one attached hydrogen (secondary N) is 2. The molecule has 0 unspecified atom stereocenters. The first-order valence-electron chi connectivity index (χ1n) is 10.2. The fourth-order valence-electron chi connectivity index (χ4n) is 4.28. The van der Waals surface area contributed by atoms with Crippen molar-refractivity contribution in [3.05, 3.63) is 96.3 Å². The van der Waals surface area contributed by atoms with E-state index >= 15 is 0 Å². The molecule has 0 saturated carbocycles. The molecule has 0 radical (unpaired) electrons. The first-order chi connectivity index (χ1) is 14.4. The molecule has 1 aromatic carbocycles. The second-order valence-corrected chi connectivity index (χ2v) is 7.94. The van der Waals surface area contributed by atoms with Crippen molar-refractivity contribution < 1.29 is 4.79 Å². The van der Waals surface area contributed by atoms with Gasteiger partial charge in [0.1, 0.15) is 5.56 Å². The molecule has 2 aromatic heterocycles. The number of carbonyl (C=O) groups excluding carboxylic acids is 1. The summed E-state index contributed by atoms with van der Waals surface area (Å²) in [6.45, 7) is 5.46. The van der Waals surface area contributed by atoms with Gasteiger partial charge >= 0.3 is 0 Å². The van der Waals surface area contributed by atoms with E-state index in [0.29, 0.717) is 11.1 Å². The number of H-pyrrole nitrogens is 1. The summed E-state index contributed by atoms with van der Waals surface area (Å²) in [6.07, 6.45) is 4.76. The first kappa shape index (κ1) is 19.9. The van der Waals surface area contributed by atoms with Gasteiger partial charge in [-0.05, 0) is 80.5 Å². The van der Waals surface area contributed by atoms with Crippen LogP contribution in [0.3, 0.4) is 0 Å². The number of hydrogen-bond donors (Lipinski definition) is 2. The minimum atomic E-state index is -0.473. The third-order valence-electron chi connectivity index (χ3n) is 5.83. The van der Waals surface area contributed by atoms with E-state index in [1.54, 1.807) is 23.8 Å². The third-order valence-corrected chi connectivity index (χ3v) is 5.83. The van der Waals surface area contributed by atoms with Gasteiger partial charge in [-0.2, -0.15) is 0 Å². The van der Waals surface area contributed by atoms with Crippen LogP contribution < -0.4 is 16.4 Å². The Balaban J connectivity index is 1.68. The number of nitrogens with zero attached hydrogens (tertiary/aromatic N) is 1. The van der Waals surface area contributed by atoms with Crippen LogP contribution in [0, 0.1) is 20.8 Å². The minimum absolute atomic E-state index is 0.0643. The Hall–Kier alpha value is -3.41. The van der Waals surface area contributed by atoms with E-state index in [4.69, 9.17) is 0 Å². The zero-order valence-electron chi connectivity index (χ0n) is 17.5. The second kappa shape index (κ2) is 7.78. The van der Waals surface area contributed by atoms with Crippen molar-refractivity contribution in [2.45, 2.75) is 46.6 Å². The van der Waals surface area contributed by atoms with Gasteiger partial charge in [-0.3, -0.25) is 19.0 Å². The van der Waals surface area contributed by atoms with Gasteiger partial charge in [-0.15, -0.1) is 0 Å². The summed E-state index contributed by atoms with van der Waals surface area (Å²) < 4.78 is 1.57. The molecular weight excluding hydrogens is 378 g/mol. The largest absolute Gasteiger partial charge is 0.348 e. The van der Waals surface area contributed by atoms with Crippen LogP contribution in [0.4, 0.5) is 0 Å². The van der Waals surface area contributed by atoms with E-state index in [9.17, 15) is 14.4 Å². The van der Waals surface area contributed by atoms with Crippen LogP contribution in [-0.4, -0.2) is 15.5 Å². The van der Waals surface area contributed by atoms with Gasteiger partial charge in [0.15, 0.2) is 0 Å². The van der Waals surface area contributed by atoms with E-state index in [-0.39, 0.29) is 23.2 Å². The van der Waals surface area contributed by atoms with Crippen molar-refractivity contribution in [3.8, 4) is 5.69 Å². The number of pyridine rings is 2. The summed E-state index contributed by atoms with van der Waals surface area (Å²) in [7, 11) is 0. The van der Waals surface area contributed by atoms with Crippen molar-refractivity contribution in [3.63, 3.8) is 0 Å². The van der Waals surface area contributed by atoms with Crippen LogP contribution in [-0.2, 0) is 19.4 Å². The summed E-state index contributed by atoms with van der Waals surface area (Å²) in [5, 5.41) is 2.76. The molecule has 0 spiro atoms. The molecule has 1 aliphatic carbocycles. The maximum Gasteiger partial charge on any atom is 0.268 e. The van der Waals surface area contributed by atoms with Crippen molar-refractivity contribution in [1.82, 2.24) is 14.9 Å². The smallest absolute Gasteiger partial charge is 0.268 e. The molecular formula is C24H25N3O3. The minimum Gasteiger partial charge on any atom is -0.348 e. The van der Waals surface area contributed by atoms with Crippen LogP contribution >= 0.6 is 0 Å². The zero-order chi connectivity index (χ0) is 21.4. The Kier molecular flexibility index (Phi) is 5.16. The van der Waals surface area contributed by atoms with Gasteiger partial charge in [-0.25, -0.2) is 0 Å². The van der Waals surface area contributed by atoms with Gasteiger partial charge in [-0.1, -0.05) is 12.1 Å². The lowest BCUT2D eigenvalue weighted by Gasteiger charge is -2.14. The summed E-state index contributed by atoms with van der Waals surface area (Å²) >= 11 is 0. The molecule has 0 saturated heterocycles.